The zero-order valence-electron chi connectivity index (χ0n) is 17.1. The number of carboxylic acid groups (broad SMARTS) is 1. The maximum absolute atomic E-state index is 12.8. The van der Waals surface area contributed by atoms with Crippen molar-refractivity contribution in [2.24, 2.45) is 5.92 Å². The SMILES string of the molecule is Cc1cc(N2CC(C(=O)CCC(C)O)C2)nc2c1c(=O)c(C(=O)O)cn2-c1nccs1. The number of hydrogen-bond acceptors (Lipinski definition) is 8. The van der Waals surface area contributed by atoms with Gasteiger partial charge in [-0.1, -0.05) is 0 Å². The molecule has 1 saturated heterocycles. The van der Waals surface area contributed by atoms with Crippen LogP contribution in [0.15, 0.2) is 28.6 Å². The quantitative estimate of drug-likeness (QED) is 0.569. The van der Waals surface area contributed by atoms with Crippen molar-refractivity contribution in [1.29, 1.82) is 0 Å². The van der Waals surface area contributed by atoms with Gasteiger partial charge in [0.05, 0.1) is 17.4 Å². The van der Waals surface area contributed by atoms with E-state index in [-0.39, 0.29) is 22.7 Å². The molecule has 0 aliphatic carbocycles. The maximum atomic E-state index is 12.8. The minimum atomic E-state index is -1.30. The summed E-state index contributed by atoms with van der Waals surface area (Å²) in [5.41, 5.74) is 0.0286. The topological polar surface area (TPSA) is 126 Å². The summed E-state index contributed by atoms with van der Waals surface area (Å²) in [6.45, 7) is 4.45. The highest BCUT2D eigenvalue weighted by Crippen LogP contribution is 2.29. The van der Waals surface area contributed by atoms with Crippen LogP contribution in [0.4, 0.5) is 5.82 Å². The zero-order chi connectivity index (χ0) is 22.3. The number of aliphatic hydroxyl groups excluding tert-OH is 1. The predicted molar refractivity (Wildman–Crippen MR) is 116 cm³/mol. The Morgan fingerprint density at radius 2 is 2.10 bits per heavy atom. The van der Waals surface area contributed by atoms with Gasteiger partial charge in [-0.05, 0) is 31.9 Å². The van der Waals surface area contributed by atoms with E-state index in [4.69, 9.17) is 0 Å². The lowest BCUT2D eigenvalue weighted by Crippen LogP contribution is -2.51. The van der Waals surface area contributed by atoms with Crippen molar-refractivity contribution in [2.75, 3.05) is 18.0 Å². The summed E-state index contributed by atoms with van der Waals surface area (Å²) in [5.74, 6) is -0.660. The van der Waals surface area contributed by atoms with Crippen LogP contribution in [0.25, 0.3) is 16.2 Å². The largest absolute Gasteiger partial charge is 0.477 e. The summed E-state index contributed by atoms with van der Waals surface area (Å²) in [5, 5.41) is 21.4. The molecule has 4 heterocycles. The standard InChI is InChI=1S/C21H22N4O5S/c1-11-7-16(24-8-13(9-24)15(27)4-3-12(2)26)23-19-17(11)18(28)14(20(29)30)10-25(19)21-22-5-6-31-21/h5-7,10,12-13,26H,3-4,8-9H2,1-2H3,(H,29,30). The molecule has 3 aromatic heterocycles. The number of aromatic nitrogens is 3. The van der Waals surface area contributed by atoms with Gasteiger partial charge in [0.2, 0.25) is 5.43 Å². The monoisotopic (exact) mass is 442 g/mol. The van der Waals surface area contributed by atoms with Crippen LogP contribution in [-0.2, 0) is 4.79 Å². The first-order valence-corrected chi connectivity index (χ1v) is 10.8. The molecule has 1 aliphatic rings. The molecular weight excluding hydrogens is 420 g/mol. The molecule has 4 rings (SSSR count). The molecule has 0 aromatic carbocycles. The van der Waals surface area contributed by atoms with Crippen LogP contribution in [0.1, 0.15) is 35.7 Å². The van der Waals surface area contributed by atoms with Gasteiger partial charge < -0.3 is 15.1 Å². The third-order valence-electron chi connectivity index (χ3n) is 5.47. The van der Waals surface area contributed by atoms with Crippen molar-refractivity contribution in [3.05, 3.63) is 45.2 Å². The molecule has 31 heavy (non-hydrogen) atoms. The molecule has 1 unspecified atom stereocenters. The number of anilines is 1. The number of carbonyl (C=O) groups is 2. The number of carbonyl (C=O) groups excluding carboxylic acids is 1. The van der Waals surface area contributed by atoms with Crippen LogP contribution in [0.2, 0.25) is 0 Å². The highest BCUT2D eigenvalue weighted by molar-refractivity contribution is 7.12. The molecule has 3 aromatic rings. The van der Waals surface area contributed by atoms with Crippen molar-refractivity contribution in [2.45, 2.75) is 32.8 Å². The normalized spacial score (nSPS) is 15.1. The molecule has 0 bridgehead atoms. The van der Waals surface area contributed by atoms with Crippen molar-refractivity contribution in [3.63, 3.8) is 0 Å². The van der Waals surface area contributed by atoms with Gasteiger partial charge in [0.25, 0.3) is 0 Å². The predicted octanol–water partition coefficient (Wildman–Crippen LogP) is 2.02. The van der Waals surface area contributed by atoms with Crippen LogP contribution in [-0.4, -0.2) is 55.7 Å². The van der Waals surface area contributed by atoms with E-state index >= 15 is 0 Å². The number of carboxylic acids is 1. The van der Waals surface area contributed by atoms with E-state index in [1.54, 1.807) is 31.5 Å². The number of Topliss-reactive ketones (excluding diaryl/α,β-unsaturated/α-hetero) is 1. The molecule has 2 N–H and O–H groups in total. The van der Waals surface area contributed by atoms with E-state index in [1.807, 2.05) is 4.90 Å². The zero-order valence-corrected chi connectivity index (χ0v) is 17.9. The van der Waals surface area contributed by atoms with Crippen molar-refractivity contribution in [3.8, 4) is 5.13 Å². The van der Waals surface area contributed by atoms with Gasteiger partial charge in [-0.15, -0.1) is 11.3 Å². The molecular formula is C21H22N4O5S. The fourth-order valence-corrected chi connectivity index (χ4v) is 4.31. The van der Waals surface area contributed by atoms with Gasteiger partial charge in [-0.3, -0.25) is 14.2 Å². The molecule has 0 saturated carbocycles. The van der Waals surface area contributed by atoms with Gasteiger partial charge in [0, 0.05) is 37.3 Å². The molecule has 1 atom stereocenters. The van der Waals surface area contributed by atoms with Crippen LogP contribution in [0, 0.1) is 12.8 Å². The first-order valence-electron chi connectivity index (χ1n) is 9.92. The Labute approximate surface area is 181 Å². The van der Waals surface area contributed by atoms with Gasteiger partial charge in [0.1, 0.15) is 17.2 Å². The minimum absolute atomic E-state index is 0.105. The fourth-order valence-electron chi connectivity index (χ4n) is 3.70. The van der Waals surface area contributed by atoms with Gasteiger partial charge in [-0.2, -0.15) is 0 Å². The molecule has 9 nitrogen and oxygen atoms in total. The van der Waals surface area contributed by atoms with Crippen molar-refractivity contribution in [1.82, 2.24) is 14.5 Å². The average Bonchev–Trinajstić information content (AvgIpc) is 3.19. The summed E-state index contributed by atoms with van der Waals surface area (Å²) in [6.07, 6.45) is 3.17. The second-order valence-corrected chi connectivity index (χ2v) is 8.69. The number of hydrogen-bond donors (Lipinski definition) is 2. The number of rotatable bonds is 7. The van der Waals surface area contributed by atoms with E-state index in [0.29, 0.717) is 48.1 Å². The third-order valence-corrected chi connectivity index (χ3v) is 6.24. The number of ketones is 1. The summed E-state index contributed by atoms with van der Waals surface area (Å²) in [6, 6.07) is 1.75. The Kier molecular flexibility index (Phi) is 5.59. The summed E-state index contributed by atoms with van der Waals surface area (Å²) < 4.78 is 1.53. The number of aryl methyl sites for hydroxylation is 1. The first-order chi connectivity index (χ1) is 14.8. The van der Waals surface area contributed by atoms with E-state index in [2.05, 4.69) is 9.97 Å². The second kappa shape index (κ2) is 8.20. The highest BCUT2D eigenvalue weighted by Gasteiger charge is 2.33. The smallest absolute Gasteiger partial charge is 0.341 e. The summed E-state index contributed by atoms with van der Waals surface area (Å²) in [7, 11) is 0. The molecule has 0 radical (unpaired) electrons. The van der Waals surface area contributed by atoms with Gasteiger partial charge in [-0.25, -0.2) is 14.8 Å². The number of pyridine rings is 2. The highest BCUT2D eigenvalue weighted by atomic mass is 32.1. The Hall–Kier alpha value is -3.11. The van der Waals surface area contributed by atoms with Gasteiger partial charge in [0.15, 0.2) is 10.8 Å². The van der Waals surface area contributed by atoms with Crippen LogP contribution >= 0.6 is 11.3 Å². The van der Waals surface area contributed by atoms with Gasteiger partial charge >= 0.3 is 5.97 Å². The third kappa shape index (κ3) is 3.96. The lowest BCUT2D eigenvalue weighted by molar-refractivity contribution is -0.124. The first kappa shape index (κ1) is 21.1. The number of nitrogens with zero attached hydrogens (tertiary/aromatic N) is 4. The van der Waals surface area contributed by atoms with Crippen LogP contribution in [0.5, 0.6) is 0 Å². The molecule has 1 fully saturated rings. The van der Waals surface area contributed by atoms with E-state index in [9.17, 15) is 24.6 Å². The molecule has 0 amide bonds. The Bertz CT molecular complexity index is 1210. The molecule has 1 aliphatic heterocycles. The van der Waals surface area contributed by atoms with Crippen molar-refractivity contribution < 1.29 is 19.8 Å². The van der Waals surface area contributed by atoms with E-state index < -0.39 is 17.5 Å². The number of aliphatic hydroxyl groups is 1. The Morgan fingerprint density at radius 3 is 2.71 bits per heavy atom. The molecule has 10 heteroatoms. The molecule has 0 spiro atoms. The lowest BCUT2D eigenvalue weighted by Gasteiger charge is -2.39. The van der Waals surface area contributed by atoms with Crippen LogP contribution < -0.4 is 10.3 Å². The summed E-state index contributed by atoms with van der Waals surface area (Å²) >= 11 is 1.31. The Balaban J connectivity index is 1.71. The van der Waals surface area contributed by atoms with Crippen LogP contribution in [0.3, 0.4) is 0 Å². The minimum Gasteiger partial charge on any atom is -0.477 e. The summed E-state index contributed by atoms with van der Waals surface area (Å²) in [4.78, 5) is 47.6. The number of thiazole rings is 1. The molecule has 162 valence electrons. The number of fused-ring (bicyclic) bond motifs is 1. The van der Waals surface area contributed by atoms with Crippen molar-refractivity contribution >= 4 is 39.9 Å². The number of aromatic carboxylic acids is 1. The maximum Gasteiger partial charge on any atom is 0.341 e. The fraction of sp³-hybridized carbons (Fsp3) is 0.381. The van der Waals surface area contributed by atoms with E-state index in [0.717, 1.165) is 0 Å². The Morgan fingerprint density at radius 1 is 1.35 bits per heavy atom. The van der Waals surface area contributed by atoms with E-state index in [1.165, 1.54) is 22.1 Å². The lowest BCUT2D eigenvalue weighted by atomic mass is 9.91. The second-order valence-electron chi connectivity index (χ2n) is 7.81. The average molecular weight is 442 g/mol.